The topological polar surface area (TPSA) is 260 Å². The molecule has 0 aromatic carbocycles. The van der Waals surface area contributed by atoms with Crippen LogP contribution < -0.4 is 16.4 Å². The van der Waals surface area contributed by atoms with Crippen LogP contribution in [-0.2, 0) is 35.4 Å². The molecule has 0 bridgehead atoms. The molecule has 15 rings (SSSR count). The third-order valence-corrected chi connectivity index (χ3v) is 14.8. The maximum atomic E-state index is 5.84. The zero-order valence-corrected chi connectivity index (χ0v) is 46.9. The highest BCUT2D eigenvalue weighted by Gasteiger charge is 2.24. The molecular weight excluding hydrogens is 1060 g/mol. The molecule has 3 aliphatic heterocycles. The first kappa shape index (κ1) is 53.4. The third kappa shape index (κ3) is 11.2. The van der Waals surface area contributed by atoms with Crippen molar-refractivity contribution in [3.63, 3.8) is 0 Å². The predicted octanol–water partition coefficient (Wildman–Crippen LogP) is 8.87. The fraction of sp³-hybridized carbons (Fsp3) is 0.298. The number of pyridine rings is 3. The highest BCUT2D eigenvalue weighted by molar-refractivity contribution is 6.28. The normalized spacial score (nSPS) is 14.8. The Morgan fingerprint density at radius 2 is 1.00 bits per heavy atom. The molecule has 418 valence electrons. The third-order valence-electron chi connectivity index (χ3n) is 14.7. The van der Waals surface area contributed by atoms with E-state index in [0.29, 0.717) is 37.6 Å². The molecule has 15 heterocycles. The number of nitrogens with two attached hydrogens (primary N) is 1. The number of fused-ring (bicyclic) bond motifs is 6. The molecule has 24 nitrogen and oxygen atoms in total. The number of anilines is 5. The van der Waals surface area contributed by atoms with Crippen molar-refractivity contribution in [2.24, 2.45) is 21.1 Å². The van der Waals surface area contributed by atoms with Crippen LogP contribution in [0.25, 0.3) is 61.2 Å². The first-order valence-electron chi connectivity index (χ1n) is 26.9. The standard InChI is InChI=1S/C19H21N7O.C19H19N7O.C11H11ClN4O.C8H9N3/c2*1-12-9-16-20-5-6-26(16)11-14(12)22-19-21-10-15-18(23-19)17(24-25(15)2)13-3-7-27-8-4-13;1-16-8-6-13-11(12)14-10(8)9(15-16)7-2-4-17-5-3-7;1-6-4-8-10-2-3-11(8)5-7(6)9/h5-6,9-11,13H,3-4,7-8H2,1-2H3,(H,21,22,23);3,5-6,9-11H,4,7-8H2,1-2H3,(H,21,22,23);2,6H,3-5H2,1H3;2-5H,9H2,1H3. The number of nitrogen functional groups attached to an aromatic ring is 1. The van der Waals surface area contributed by atoms with Crippen LogP contribution in [0.2, 0.25) is 5.28 Å². The largest absolute Gasteiger partial charge is 0.397 e. The zero-order chi connectivity index (χ0) is 56.4. The number of ether oxygens (including phenoxy) is 3. The van der Waals surface area contributed by atoms with Crippen LogP contribution in [0.15, 0.2) is 105 Å². The Morgan fingerprint density at radius 1 is 0.537 bits per heavy atom. The average molecular weight is 1120 g/mol. The fourth-order valence-corrected chi connectivity index (χ4v) is 10.2. The molecule has 12 aromatic rings. The summed E-state index contributed by atoms with van der Waals surface area (Å²) in [6.45, 7) is 10.3. The number of nitrogens with zero attached hydrogens (tertiary/aromatic N) is 18. The highest BCUT2D eigenvalue weighted by atomic mass is 35.5. The van der Waals surface area contributed by atoms with Crippen LogP contribution in [-0.4, -0.2) is 127 Å². The van der Waals surface area contributed by atoms with Gasteiger partial charge in [0.15, 0.2) is 0 Å². The van der Waals surface area contributed by atoms with Gasteiger partial charge in [-0.2, -0.15) is 15.3 Å². The summed E-state index contributed by atoms with van der Waals surface area (Å²) in [5, 5.41) is 20.8. The van der Waals surface area contributed by atoms with E-state index in [4.69, 9.17) is 46.6 Å². The Morgan fingerprint density at radius 3 is 1.52 bits per heavy atom. The van der Waals surface area contributed by atoms with E-state index in [2.05, 4.69) is 61.8 Å². The van der Waals surface area contributed by atoms with Gasteiger partial charge in [-0.15, -0.1) is 0 Å². The van der Waals surface area contributed by atoms with E-state index in [1.807, 2.05) is 138 Å². The number of aromatic nitrogens is 18. The summed E-state index contributed by atoms with van der Waals surface area (Å²) >= 11 is 5.84. The maximum absolute atomic E-state index is 5.84. The summed E-state index contributed by atoms with van der Waals surface area (Å²) in [6, 6.07) is 6.04. The molecule has 82 heavy (non-hydrogen) atoms. The molecule has 1 saturated heterocycles. The number of hydrogen-bond acceptors (Lipinski definition) is 18. The lowest BCUT2D eigenvalue weighted by atomic mass is 9.96. The lowest BCUT2D eigenvalue weighted by molar-refractivity contribution is 0.0846. The minimum atomic E-state index is 0.249. The molecule has 12 aromatic heterocycles. The molecule has 0 amide bonds. The van der Waals surface area contributed by atoms with Crippen LogP contribution in [0.1, 0.15) is 65.4 Å². The maximum Gasteiger partial charge on any atom is 0.227 e. The lowest BCUT2D eigenvalue weighted by Gasteiger charge is -2.20. The van der Waals surface area contributed by atoms with Crippen LogP contribution >= 0.6 is 11.6 Å². The fourth-order valence-electron chi connectivity index (χ4n) is 10.1. The van der Waals surface area contributed by atoms with Crippen molar-refractivity contribution in [3.8, 4) is 0 Å². The molecular formula is C57H60ClN21O3. The summed E-state index contributed by atoms with van der Waals surface area (Å²) in [5.41, 5.74) is 24.9. The predicted molar refractivity (Wildman–Crippen MR) is 314 cm³/mol. The van der Waals surface area contributed by atoms with E-state index in [-0.39, 0.29) is 5.28 Å². The van der Waals surface area contributed by atoms with Crippen molar-refractivity contribution in [2.45, 2.75) is 52.4 Å². The Kier molecular flexibility index (Phi) is 15.0. The average Bonchev–Trinajstić information content (AvgIpc) is 4.45. The molecule has 25 heteroatoms. The van der Waals surface area contributed by atoms with Crippen LogP contribution in [0.4, 0.5) is 29.0 Å². The lowest BCUT2D eigenvalue weighted by Crippen LogP contribution is -2.15. The van der Waals surface area contributed by atoms with Crippen LogP contribution in [0.3, 0.4) is 0 Å². The molecule has 0 radical (unpaired) electrons. The number of hydrogen-bond donors (Lipinski definition) is 3. The smallest absolute Gasteiger partial charge is 0.227 e. The molecule has 0 unspecified atom stereocenters. The van der Waals surface area contributed by atoms with Gasteiger partial charge in [-0.05, 0) is 104 Å². The van der Waals surface area contributed by atoms with Crippen LogP contribution in [0, 0.1) is 20.8 Å². The van der Waals surface area contributed by atoms with Gasteiger partial charge in [-0.25, -0.2) is 44.9 Å². The van der Waals surface area contributed by atoms with Crippen molar-refractivity contribution in [2.75, 3.05) is 56.0 Å². The highest BCUT2D eigenvalue weighted by Crippen LogP contribution is 2.33. The van der Waals surface area contributed by atoms with Crippen molar-refractivity contribution >= 4 is 102 Å². The number of rotatable bonds is 7. The second-order valence-electron chi connectivity index (χ2n) is 20.2. The molecule has 4 N–H and O–H groups in total. The first-order chi connectivity index (χ1) is 39.9. The van der Waals surface area contributed by atoms with Gasteiger partial charge >= 0.3 is 0 Å². The number of halogens is 1. The molecule has 0 aliphatic carbocycles. The molecule has 0 saturated carbocycles. The molecule has 3 aliphatic rings. The van der Waals surface area contributed by atoms with Gasteiger partial charge in [0, 0.05) is 96.0 Å². The second kappa shape index (κ2) is 23.1. The monoisotopic (exact) mass is 1120 g/mol. The van der Waals surface area contributed by atoms with Gasteiger partial charge in [0.2, 0.25) is 17.2 Å². The van der Waals surface area contributed by atoms with Gasteiger partial charge in [0.1, 0.15) is 61.4 Å². The van der Waals surface area contributed by atoms with E-state index in [1.165, 1.54) is 5.57 Å². The minimum Gasteiger partial charge on any atom is -0.397 e. The second-order valence-corrected chi connectivity index (χ2v) is 20.5. The number of imidazole rings is 3. The SMILES string of the molecule is Cc1cc2nccn2cc1N.Cc1cc2nccn2cc1Nc1ncc2c(n1)c(C1=CCOCC1)nn2C.Cc1cc2nccn2cc1Nc1ncc2c(n1)c(C1CCOCC1)nn2C.Cn1nc(C2=CCOCC2)c2nc(Cl)ncc21. The zero-order valence-electron chi connectivity index (χ0n) is 46.2. The number of aryl methyl sites for hydroxylation is 6. The van der Waals surface area contributed by atoms with Crippen molar-refractivity contribution in [1.29, 1.82) is 0 Å². The van der Waals surface area contributed by atoms with E-state index < -0.39 is 0 Å². The van der Waals surface area contributed by atoms with Gasteiger partial charge in [-0.3, -0.25) is 14.0 Å². The van der Waals surface area contributed by atoms with Crippen molar-refractivity contribution in [3.05, 3.63) is 144 Å². The molecule has 1 fully saturated rings. The Balaban J connectivity index is 0.000000114. The number of nitrogens with one attached hydrogen (secondary N) is 2. The van der Waals surface area contributed by atoms with E-state index in [0.717, 1.165) is 152 Å². The van der Waals surface area contributed by atoms with E-state index in [1.54, 1.807) is 29.5 Å². The van der Waals surface area contributed by atoms with Crippen LogP contribution in [0.5, 0.6) is 0 Å². The van der Waals surface area contributed by atoms with Crippen molar-refractivity contribution in [1.82, 2.24) is 87.4 Å². The molecule has 0 atom stereocenters. The van der Waals surface area contributed by atoms with Gasteiger partial charge in [0.25, 0.3) is 0 Å². The van der Waals surface area contributed by atoms with Gasteiger partial charge < -0.3 is 43.8 Å². The summed E-state index contributed by atoms with van der Waals surface area (Å²) in [6.07, 6.45) is 30.1. The van der Waals surface area contributed by atoms with E-state index >= 15 is 0 Å². The summed E-state index contributed by atoms with van der Waals surface area (Å²) in [5.74, 6) is 1.51. The summed E-state index contributed by atoms with van der Waals surface area (Å²) in [7, 11) is 5.74. The molecule has 0 spiro atoms. The van der Waals surface area contributed by atoms with Gasteiger partial charge in [-0.1, -0.05) is 12.2 Å². The Labute approximate surface area is 474 Å². The first-order valence-corrected chi connectivity index (χ1v) is 27.2. The van der Waals surface area contributed by atoms with Crippen molar-refractivity contribution < 1.29 is 14.2 Å². The van der Waals surface area contributed by atoms with E-state index in [9.17, 15) is 0 Å². The van der Waals surface area contributed by atoms with Gasteiger partial charge in [0.05, 0.1) is 67.8 Å². The quantitative estimate of drug-likeness (QED) is 0.126. The minimum absolute atomic E-state index is 0.249. The summed E-state index contributed by atoms with van der Waals surface area (Å²) < 4.78 is 27.5. The summed E-state index contributed by atoms with van der Waals surface area (Å²) in [4.78, 5) is 39.5. The Bertz CT molecular complexity index is 4330. The Hall–Kier alpha value is -9.23.